The van der Waals surface area contributed by atoms with Crippen molar-refractivity contribution in [1.29, 1.82) is 0 Å². The van der Waals surface area contributed by atoms with Crippen molar-refractivity contribution in [2.24, 2.45) is 5.73 Å². The van der Waals surface area contributed by atoms with E-state index in [1.807, 2.05) is 37.3 Å². The number of aromatic nitrogens is 2. The van der Waals surface area contributed by atoms with Crippen LogP contribution in [0.1, 0.15) is 47.3 Å². The number of hydrogen-bond acceptors (Lipinski definition) is 9. The van der Waals surface area contributed by atoms with E-state index in [2.05, 4.69) is 55.8 Å². The Balaban J connectivity index is 2.00. The number of nitrogens with two attached hydrogens (primary N) is 1. The van der Waals surface area contributed by atoms with Crippen LogP contribution in [0.25, 0.3) is 0 Å². The van der Waals surface area contributed by atoms with Gasteiger partial charge in [-0.1, -0.05) is 31.7 Å². The second-order valence-electron chi connectivity index (χ2n) is 9.79. The predicted molar refractivity (Wildman–Crippen MR) is 153 cm³/mol. The number of para-hydroxylation sites is 1. The van der Waals surface area contributed by atoms with Gasteiger partial charge < -0.3 is 29.6 Å². The summed E-state index contributed by atoms with van der Waals surface area (Å²) in [5, 5.41) is 3.13. The summed E-state index contributed by atoms with van der Waals surface area (Å²) in [6.45, 7) is 18.1. The normalized spacial score (nSPS) is 21.8. The van der Waals surface area contributed by atoms with Gasteiger partial charge in [-0.2, -0.15) is 0 Å². The fraction of sp³-hybridized carbons (Fsp3) is 0.481. The molecule has 1 aliphatic heterocycles. The van der Waals surface area contributed by atoms with Crippen molar-refractivity contribution in [3.05, 3.63) is 88.2 Å². The van der Waals surface area contributed by atoms with Gasteiger partial charge in [0.2, 0.25) is 0 Å². The highest BCUT2D eigenvalue weighted by Gasteiger charge is 2.50. The molecule has 2 aromatic rings. The first-order chi connectivity index (χ1) is 18.5. The maximum Gasteiger partial charge on any atom is 0.330 e. The average Bonchev–Trinajstić information content (AvgIpc) is 3.19. The highest BCUT2D eigenvalue weighted by atomic mass is 31.2. The van der Waals surface area contributed by atoms with Crippen LogP contribution < -0.4 is 22.3 Å². The van der Waals surface area contributed by atoms with Crippen LogP contribution in [0.5, 0.6) is 0 Å². The minimum Gasteiger partial charge on any atom is -0.469 e. The van der Waals surface area contributed by atoms with Crippen LogP contribution in [0.15, 0.2) is 76.9 Å². The number of hydrogen-bond donors (Lipinski definition) is 3. The molecule has 1 aromatic carbocycles. The Morgan fingerprint density at radius 1 is 1.15 bits per heavy atom. The Hall–Kier alpha value is -2.95. The molecule has 0 spiro atoms. The summed E-state index contributed by atoms with van der Waals surface area (Å²) in [5.41, 5.74) is 5.85. The molecule has 0 saturated carbocycles. The molecule has 3 rings (SSSR count). The van der Waals surface area contributed by atoms with E-state index in [0.29, 0.717) is 12.1 Å². The Morgan fingerprint density at radius 3 is 2.38 bits per heavy atom. The van der Waals surface area contributed by atoms with E-state index < -0.39 is 44.3 Å². The van der Waals surface area contributed by atoms with E-state index in [4.69, 9.17) is 24.3 Å². The largest absolute Gasteiger partial charge is 0.469 e. The van der Waals surface area contributed by atoms with Crippen molar-refractivity contribution in [2.45, 2.75) is 77.7 Å². The molecule has 39 heavy (non-hydrogen) atoms. The number of rotatable bonds is 14. The molecule has 2 unspecified atom stereocenters. The summed E-state index contributed by atoms with van der Waals surface area (Å²) in [7, 11) is -1.64. The van der Waals surface area contributed by atoms with Crippen molar-refractivity contribution in [2.75, 3.05) is 11.9 Å². The molecular formula is C27H40N5O6P. The molecule has 4 N–H and O–H groups in total. The molecule has 0 aliphatic carbocycles. The van der Waals surface area contributed by atoms with Gasteiger partial charge in [0, 0.05) is 35.7 Å². The second-order valence-corrected chi connectivity index (χ2v) is 11.2. The molecule has 214 valence electrons. The molecular weight excluding hydrogens is 521 g/mol. The van der Waals surface area contributed by atoms with Gasteiger partial charge in [-0.3, -0.25) is 14.3 Å². The summed E-state index contributed by atoms with van der Waals surface area (Å²) >= 11 is 0. The number of ether oxygens (including phenoxy) is 2. The zero-order valence-electron chi connectivity index (χ0n) is 23.2. The van der Waals surface area contributed by atoms with Crippen LogP contribution >= 0.6 is 8.53 Å². The lowest BCUT2D eigenvalue weighted by molar-refractivity contribution is -0.0487. The molecule has 2 heterocycles. The monoisotopic (exact) mass is 561 g/mol. The number of benzene rings is 1. The zero-order valence-corrected chi connectivity index (χ0v) is 24.1. The van der Waals surface area contributed by atoms with E-state index in [-0.39, 0.29) is 24.6 Å². The molecule has 1 saturated heterocycles. The quantitative estimate of drug-likeness (QED) is 0.231. The van der Waals surface area contributed by atoms with Crippen LogP contribution in [0, 0.1) is 0 Å². The Kier molecular flexibility index (Phi) is 10.9. The van der Waals surface area contributed by atoms with E-state index >= 15 is 0 Å². The second kappa shape index (κ2) is 13.9. The summed E-state index contributed by atoms with van der Waals surface area (Å²) in [6.07, 6.45) is -0.903. The first-order valence-electron chi connectivity index (χ1n) is 13.0. The summed E-state index contributed by atoms with van der Waals surface area (Å²) in [5.74, 6) is 0.243. The molecule has 0 radical (unpaired) electrons. The topological polar surface area (TPSA) is 133 Å². The SMILES string of the molecule is C=C(N)COP(O[C@@H]1C(OC(=C)Nc2ccccc2)[C@H](n2ccc(=O)[nH]c2=O)O[C@@H]1CC)N(C(C)C)C(C)C. The van der Waals surface area contributed by atoms with Crippen LogP contribution in [0.4, 0.5) is 5.69 Å². The number of aromatic amines is 1. The Bertz CT molecular complexity index is 1210. The molecule has 5 atom stereocenters. The fourth-order valence-electron chi connectivity index (χ4n) is 4.38. The molecule has 1 fully saturated rings. The lowest BCUT2D eigenvalue weighted by Gasteiger charge is -2.38. The van der Waals surface area contributed by atoms with E-state index in [0.717, 1.165) is 5.69 Å². The van der Waals surface area contributed by atoms with Crippen molar-refractivity contribution in [3.8, 4) is 0 Å². The van der Waals surface area contributed by atoms with Gasteiger partial charge in [-0.25, -0.2) is 9.46 Å². The molecule has 0 bridgehead atoms. The van der Waals surface area contributed by atoms with Crippen LogP contribution in [-0.4, -0.2) is 51.2 Å². The number of nitrogens with one attached hydrogen (secondary N) is 2. The van der Waals surface area contributed by atoms with Gasteiger partial charge in [0.25, 0.3) is 14.1 Å². The Morgan fingerprint density at radius 2 is 1.82 bits per heavy atom. The minimum atomic E-state index is -1.64. The van der Waals surface area contributed by atoms with E-state index in [9.17, 15) is 9.59 Å². The van der Waals surface area contributed by atoms with E-state index in [1.165, 1.54) is 16.8 Å². The van der Waals surface area contributed by atoms with Crippen molar-refractivity contribution in [1.82, 2.24) is 14.2 Å². The third-order valence-corrected chi connectivity index (χ3v) is 8.04. The Labute approximate surface area is 230 Å². The van der Waals surface area contributed by atoms with Gasteiger partial charge in [-0.05, 0) is 52.8 Å². The van der Waals surface area contributed by atoms with Crippen LogP contribution in [0.2, 0.25) is 0 Å². The van der Waals surface area contributed by atoms with Gasteiger partial charge in [0.15, 0.2) is 18.2 Å². The zero-order chi connectivity index (χ0) is 28.7. The molecule has 1 aromatic heterocycles. The van der Waals surface area contributed by atoms with Gasteiger partial charge >= 0.3 is 5.69 Å². The van der Waals surface area contributed by atoms with Gasteiger partial charge in [-0.15, -0.1) is 0 Å². The maximum absolute atomic E-state index is 12.8. The smallest absolute Gasteiger partial charge is 0.330 e. The molecule has 11 nitrogen and oxygen atoms in total. The van der Waals surface area contributed by atoms with Gasteiger partial charge in [0.1, 0.15) is 6.10 Å². The highest BCUT2D eigenvalue weighted by molar-refractivity contribution is 7.44. The first kappa shape index (κ1) is 30.6. The lowest BCUT2D eigenvalue weighted by atomic mass is 10.1. The first-order valence-corrected chi connectivity index (χ1v) is 14.1. The predicted octanol–water partition coefficient (Wildman–Crippen LogP) is 4.03. The third kappa shape index (κ3) is 8.03. The number of nitrogens with zero attached hydrogens (tertiary/aromatic N) is 2. The van der Waals surface area contributed by atoms with Crippen LogP contribution in [-0.2, 0) is 18.5 Å². The number of anilines is 1. The minimum absolute atomic E-state index is 0.0937. The van der Waals surface area contributed by atoms with Crippen molar-refractivity contribution < 1.29 is 18.5 Å². The van der Waals surface area contributed by atoms with E-state index in [1.54, 1.807) is 0 Å². The third-order valence-electron chi connectivity index (χ3n) is 5.97. The van der Waals surface area contributed by atoms with Crippen LogP contribution in [0.3, 0.4) is 0 Å². The number of H-pyrrole nitrogens is 1. The summed E-state index contributed by atoms with van der Waals surface area (Å²) in [4.78, 5) is 26.8. The molecule has 12 heteroatoms. The fourth-order valence-corrected chi connectivity index (χ4v) is 6.18. The maximum atomic E-state index is 12.8. The molecule has 1 aliphatic rings. The lowest BCUT2D eigenvalue weighted by Crippen LogP contribution is -2.42. The van der Waals surface area contributed by atoms with Crippen molar-refractivity contribution >= 4 is 14.2 Å². The van der Waals surface area contributed by atoms with Crippen molar-refractivity contribution in [3.63, 3.8) is 0 Å². The molecule has 0 amide bonds. The highest BCUT2D eigenvalue weighted by Crippen LogP contribution is 2.51. The summed E-state index contributed by atoms with van der Waals surface area (Å²) < 4.78 is 28.9. The van der Waals surface area contributed by atoms with Gasteiger partial charge in [0.05, 0.1) is 12.7 Å². The average molecular weight is 562 g/mol. The summed E-state index contributed by atoms with van der Waals surface area (Å²) in [6, 6.07) is 10.9. The standard InChI is InChI=1S/C27H40N5O6P/c1-8-22-24(38-39(35-16-19(6)28)32(17(2)3)18(4)5)25(36-20(7)29-21-12-10-9-11-13-21)26(37-22)31-15-14-23(33)30-27(31)34/h9-15,17-18,22,24-26,29H,6-8,16,28H2,1-5H3,(H,30,33,34)/t22-,24+,25?,26-,39?/m1/s1.